The summed E-state index contributed by atoms with van der Waals surface area (Å²) in [6.45, 7) is 7.03. The average Bonchev–Trinajstić information content (AvgIpc) is 3.39. The average molecular weight is 443 g/mol. The third-order valence-corrected chi connectivity index (χ3v) is 11.2. The molecule has 0 aromatic rings. The molecule has 0 aromatic heterocycles. The van der Waals surface area contributed by atoms with Crippen molar-refractivity contribution in [2.75, 3.05) is 0 Å². The predicted molar refractivity (Wildman–Crippen MR) is 128 cm³/mol. The van der Waals surface area contributed by atoms with Crippen LogP contribution in [0.5, 0.6) is 0 Å². The Morgan fingerprint density at radius 3 is 2.62 bits per heavy atom. The van der Waals surface area contributed by atoms with E-state index in [-0.39, 0.29) is 18.2 Å². The highest BCUT2D eigenvalue weighted by Crippen LogP contribution is 2.66. The summed E-state index contributed by atoms with van der Waals surface area (Å²) in [6, 6.07) is 0. The monoisotopic (exact) mass is 442 g/mol. The molecule has 180 valence electrons. The molecular formula is C29H46O3. The summed E-state index contributed by atoms with van der Waals surface area (Å²) in [5.41, 5.74) is 2.20. The van der Waals surface area contributed by atoms with Gasteiger partial charge in [0, 0.05) is 12.8 Å². The molecule has 3 heteroatoms. The summed E-state index contributed by atoms with van der Waals surface area (Å²) >= 11 is 0. The molecule has 5 rings (SSSR count). The van der Waals surface area contributed by atoms with Crippen molar-refractivity contribution in [1.29, 1.82) is 0 Å². The Labute approximate surface area is 195 Å². The first-order valence-electron chi connectivity index (χ1n) is 13.9. The second-order valence-corrected chi connectivity index (χ2v) is 12.8. The van der Waals surface area contributed by atoms with Gasteiger partial charge in [0.05, 0.1) is 6.10 Å². The van der Waals surface area contributed by atoms with Gasteiger partial charge in [0.25, 0.3) is 0 Å². The first kappa shape index (κ1) is 22.9. The molecule has 4 fully saturated rings. The number of hydrogen-bond acceptors (Lipinski definition) is 3. The van der Waals surface area contributed by atoms with Gasteiger partial charge in [-0.15, -0.1) is 0 Å². The third kappa shape index (κ3) is 3.89. The van der Waals surface area contributed by atoms with E-state index in [0.717, 1.165) is 42.9 Å². The van der Waals surface area contributed by atoms with E-state index in [1.807, 2.05) is 6.92 Å². The molecule has 0 radical (unpaired) electrons. The molecule has 3 nitrogen and oxygen atoms in total. The van der Waals surface area contributed by atoms with Crippen LogP contribution >= 0.6 is 0 Å². The van der Waals surface area contributed by atoms with E-state index in [1.165, 1.54) is 64.2 Å². The van der Waals surface area contributed by atoms with E-state index >= 15 is 0 Å². The van der Waals surface area contributed by atoms with Crippen molar-refractivity contribution in [3.63, 3.8) is 0 Å². The van der Waals surface area contributed by atoms with Crippen LogP contribution in [-0.2, 0) is 9.53 Å². The second kappa shape index (κ2) is 8.75. The van der Waals surface area contributed by atoms with Gasteiger partial charge in [0.15, 0.2) is 0 Å². The number of fused-ring (bicyclic) bond motifs is 5. The van der Waals surface area contributed by atoms with Gasteiger partial charge in [-0.3, -0.25) is 4.79 Å². The Balaban J connectivity index is 1.22. The van der Waals surface area contributed by atoms with Crippen LogP contribution in [0.25, 0.3) is 0 Å². The fourth-order valence-electron chi connectivity index (χ4n) is 9.43. The number of hydrogen-bond donors (Lipinski definition) is 1. The molecule has 0 saturated heterocycles. The molecule has 8 unspecified atom stereocenters. The number of rotatable bonds is 5. The number of allylic oxidation sites excluding steroid dienone is 1. The van der Waals surface area contributed by atoms with Crippen LogP contribution in [-0.4, -0.2) is 23.3 Å². The summed E-state index contributed by atoms with van der Waals surface area (Å²) < 4.78 is 6.00. The number of aliphatic hydroxyl groups excluding tert-OH is 1. The summed E-state index contributed by atoms with van der Waals surface area (Å²) in [5, 5.41) is 10.4. The van der Waals surface area contributed by atoms with Crippen molar-refractivity contribution in [1.82, 2.24) is 0 Å². The minimum atomic E-state index is -0.175. The first-order chi connectivity index (χ1) is 15.3. The number of carbonyl (C=O) groups is 1. The fraction of sp³-hybridized carbons (Fsp3) is 0.897. The summed E-state index contributed by atoms with van der Waals surface area (Å²) in [4.78, 5) is 12.5. The van der Waals surface area contributed by atoms with Crippen LogP contribution in [0.4, 0.5) is 0 Å². The highest BCUT2D eigenvalue weighted by Gasteiger charge is 2.59. The van der Waals surface area contributed by atoms with Crippen LogP contribution in [0, 0.1) is 40.4 Å². The SMILES string of the molecule is CC(O)C1CCC2C3CC=C4CC(OC(=O)CCC5CCCC5)CCC4(C)C3CCC12C. The van der Waals surface area contributed by atoms with Gasteiger partial charge in [0.2, 0.25) is 0 Å². The van der Waals surface area contributed by atoms with Crippen molar-refractivity contribution < 1.29 is 14.6 Å². The number of aliphatic hydroxyl groups is 1. The van der Waals surface area contributed by atoms with Crippen molar-refractivity contribution in [3.8, 4) is 0 Å². The second-order valence-electron chi connectivity index (χ2n) is 12.8. The van der Waals surface area contributed by atoms with E-state index in [9.17, 15) is 9.90 Å². The molecular weight excluding hydrogens is 396 g/mol. The lowest BCUT2D eigenvalue weighted by Crippen LogP contribution is -2.51. The van der Waals surface area contributed by atoms with Gasteiger partial charge in [-0.1, -0.05) is 51.2 Å². The van der Waals surface area contributed by atoms with E-state index in [1.54, 1.807) is 5.57 Å². The number of ether oxygens (including phenoxy) is 1. The van der Waals surface area contributed by atoms with Crippen LogP contribution in [0.1, 0.15) is 111 Å². The highest BCUT2D eigenvalue weighted by atomic mass is 16.5. The summed E-state index contributed by atoms with van der Waals surface area (Å²) in [6.07, 6.45) is 18.9. The van der Waals surface area contributed by atoms with Crippen molar-refractivity contribution in [3.05, 3.63) is 11.6 Å². The van der Waals surface area contributed by atoms with E-state index < -0.39 is 0 Å². The van der Waals surface area contributed by atoms with E-state index in [2.05, 4.69) is 19.9 Å². The minimum absolute atomic E-state index is 0.0448. The first-order valence-corrected chi connectivity index (χ1v) is 13.9. The maximum atomic E-state index is 12.5. The molecule has 4 saturated carbocycles. The summed E-state index contributed by atoms with van der Waals surface area (Å²) in [5.74, 6) is 3.59. The lowest BCUT2D eigenvalue weighted by Gasteiger charge is -2.58. The topological polar surface area (TPSA) is 46.5 Å². The van der Waals surface area contributed by atoms with Gasteiger partial charge in [-0.05, 0) is 98.7 Å². The van der Waals surface area contributed by atoms with Gasteiger partial charge in [0.1, 0.15) is 6.10 Å². The molecule has 0 heterocycles. The normalized spacial score (nSPS) is 44.9. The Hall–Kier alpha value is -0.830. The molecule has 32 heavy (non-hydrogen) atoms. The zero-order valence-electron chi connectivity index (χ0n) is 20.8. The molecule has 1 N–H and O–H groups in total. The van der Waals surface area contributed by atoms with Crippen LogP contribution in [0.3, 0.4) is 0 Å². The number of carbonyl (C=O) groups excluding carboxylic acids is 1. The van der Waals surface area contributed by atoms with Gasteiger partial charge < -0.3 is 9.84 Å². The van der Waals surface area contributed by atoms with Crippen molar-refractivity contribution in [2.24, 2.45) is 40.4 Å². The molecule has 0 aliphatic heterocycles. The van der Waals surface area contributed by atoms with E-state index in [0.29, 0.717) is 23.2 Å². The standard InChI is InChI=1S/C29H46O3/c1-19(30)24-11-12-25-23-10-9-21-18-22(32-27(31)13-8-20-6-4-5-7-20)14-16-28(21,2)26(23)15-17-29(24,25)3/h9,19-20,22-26,30H,4-8,10-18H2,1-3H3. The van der Waals surface area contributed by atoms with E-state index in [4.69, 9.17) is 4.74 Å². The van der Waals surface area contributed by atoms with Crippen LogP contribution in [0.15, 0.2) is 11.6 Å². The lowest BCUT2D eigenvalue weighted by atomic mass is 9.47. The fourth-order valence-corrected chi connectivity index (χ4v) is 9.43. The summed E-state index contributed by atoms with van der Waals surface area (Å²) in [7, 11) is 0. The zero-order valence-corrected chi connectivity index (χ0v) is 20.8. The number of esters is 1. The minimum Gasteiger partial charge on any atom is -0.462 e. The van der Waals surface area contributed by atoms with Gasteiger partial charge >= 0.3 is 5.97 Å². The molecule has 0 spiro atoms. The van der Waals surface area contributed by atoms with Gasteiger partial charge in [-0.2, -0.15) is 0 Å². The maximum absolute atomic E-state index is 12.5. The van der Waals surface area contributed by atoms with Crippen LogP contribution < -0.4 is 0 Å². The molecule has 5 aliphatic carbocycles. The van der Waals surface area contributed by atoms with Crippen molar-refractivity contribution >= 4 is 5.97 Å². The largest absolute Gasteiger partial charge is 0.462 e. The van der Waals surface area contributed by atoms with Crippen LogP contribution in [0.2, 0.25) is 0 Å². The quantitative estimate of drug-likeness (QED) is 0.375. The molecule has 5 aliphatic rings. The van der Waals surface area contributed by atoms with Crippen molar-refractivity contribution in [2.45, 2.75) is 123 Å². The Morgan fingerprint density at radius 1 is 1.09 bits per heavy atom. The Kier molecular flexibility index (Phi) is 6.27. The third-order valence-electron chi connectivity index (χ3n) is 11.2. The lowest BCUT2D eigenvalue weighted by molar-refractivity contribution is -0.152. The molecule has 0 amide bonds. The smallest absolute Gasteiger partial charge is 0.306 e. The maximum Gasteiger partial charge on any atom is 0.306 e. The zero-order chi connectivity index (χ0) is 22.5. The molecule has 0 bridgehead atoms. The predicted octanol–water partition coefficient (Wildman–Crippen LogP) is 6.83. The molecule has 0 aromatic carbocycles. The Morgan fingerprint density at radius 2 is 1.88 bits per heavy atom. The van der Waals surface area contributed by atoms with Gasteiger partial charge in [-0.25, -0.2) is 0 Å². The Bertz CT molecular complexity index is 735. The molecule has 8 atom stereocenters. The highest BCUT2D eigenvalue weighted by molar-refractivity contribution is 5.69.